The molecule has 3 rings (SSSR count). The Morgan fingerprint density at radius 1 is 1.20 bits per heavy atom. The molecular weight excluding hydrogens is 361 g/mol. The number of sulfone groups is 1. The summed E-state index contributed by atoms with van der Waals surface area (Å²) in [6.07, 6.45) is 0. The third-order valence-corrected chi connectivity index (χ3v) is 8.70. The van der Waals surface area contributed by atoms with Crippen molar-refractivity contribution in [1.29, 1.82) is 0 Å². The monoisotopic (exact) mass is 381 g/mol. The molecule has 1 aromatic carbocycles. The molecule has 0 amide bonds. The van der Waals surface area contributed by atoms with Crippen molar-refractivity contribution in [3.8, 4) is 10.4 Å². The Balaban J connectivity index is 2.13. The first-order valence-electron chi connectivity index (χ1n) is 7.70. The average molecular weight is 381 g/mol. The predicted molar refractivity (Wildman–Crippen MR) is 101 cm³/mol. The van der Waals surface area contributed by atoms with E-state index in [-0.39, 0.29) is 16.5 Å². The zero-order valence-corrected chi connectivity index (χ0v) is 15.8. The van der Waals surface area contributed by atoms with Crippen LogP contribution in [-0.2, 0) is 15.4 Å². The van der Waals surface area contributed by atoms with Crippen LogP contribution < -0.4 is 11.5 Å². The van der Waals surface area contributed by atoms with Crippen molar-refractivity contribution in [2.45, 2.75) is 31.1 Å². The summed E-state index contributed by atoms with van der Waals surface area (Å²) < 4.78 is 38.7. The number of benzene rings is 1. The van der Waals surface area contributed by atoms with Crippen LogP contribution in [0, 0.1) is 5.82 Å². The highest BCUT2D eigenvalue weighted by Gasteiger charge is 2.50. The van der Waals surface area contributed by atoms with Crippen molar-refractivity contribution in [3.05, 3.63) is 41.0 Å². The highest BCUT2D eigenvalue weighted by Crippen LogP contribution is 2.43. The number of halogens is 1. The number of nitrogen functional groups attached to an aromatic ring is 1. The fourth-order valence-electron chi connectivity index (χ4n) is 2.83. The minimum absolute atomic E-state index is 0.000412. The Bertz CT molecular complexity index is 980. The number of hydrogen-bond acceptors (Lipinski definition) is 6. The molecule has 2 aromatic rings. The van der Waals surface area contributed by atoms with Gasteiger partial charge in [-0.3, -0.25) is 4.99 Å². The summed E-state index contributed by atoms with van der Waals surface area (Å²) in [5, 5.41) is 0. The van der Waals surface area contributed by atoms with Gasteiger partial charge in [0.15, 0.2) is 9.84 Å². The van der Waals surface area contributed by atoms with Crippen LogP contribution in [0.4, 0.5) is 10.1 Å². The maximum atomic E-state index is 14.7. The molecule has 0 fully saturated rings. The van der Waals surface area contributed by atoms with Gasteiger partial charge in [0, 0.05) is 10.6 Å². The summed E-state index contributed by atoms with van der Waals surface area (Å²) in [5.74, 6) is -0.780. The molecule has 1 unspecified atom stereocenters. The molecule has 2 heterocycles. The summed E-state index contributed by atoms with van der Waals surface area (Å²) in [6.45, 7) is 4.64. The maximum absolute atomic E-state index is 14.7. The van der Waals surface area contributed by atoms with Crippen molar-refractivity contribution >= 4 is 32.7 Å². The average Bonchev–Trinajstić information content (AvgIpc) is 2.88. The van der Waals surface area contributed by atoms with E-state index in [1.54, 1.807) is 25.1 Å². The summed E-state index contributed by atoms with van der Waals surface area (Å²) in [4.78, 5) is 5.30. The number of aliphatic imine (C=N–C) groups is 1. The highest BCUT2D eigenvalue weighted by atomic mass is 32.2. The first kappa shape index (κ1) is 17.9. The number of amidine groups is 1. The lowest BCUT2D eigenvalue weighted by Gasteiger charge is -2.37. The lowest BCUT2D eigenvalue weighted by atomic mass is 10.0. The second-order valence-electron chi connectivity index (χ2n) is 6.95. The van der Waals surface area contributed by atoms with Gasteiger partial charge in [-0.25, -0.2) is 12.8 Å². The number of anilines is 1. The summed E-state index contributed by atoms with van der Waals surface area (Å²) in [5.41, 5.74) is 11.8. The number of thiophene rings is 1. The molecule has 1 aromatic heterocycles. The number of nitrogens with two attached hydrogens (primary N) is 2. The van der Waals surface area contributed by atoms with Crippen molar-refractivity contribution in [3.63, 3.8) is 0 Å². The Morgan fingerprint density at radius 2 is 1.88 bits per heavy atom. The van der Waals surface area contributed by atoms with Gasteiger partial charge in [0.1, 0.15) is 21.9 Å². The fourth-order valence-corrected chi connectivity index (χ4v) is 5.72. The Hall–Kier alpha value is -1.93. The van der Waals surface area contributed by atoms with E-state index in [2.05, 4.69) is 4.99 Å². The molecule has 1 aliphatic heterocycles. The molecule has 0 saturated carbocycles. The van der Waals surface area contributed by atoms with Crippen LogP contribution in [0.25, 0.3) is 10.4 Å². The molecule has 0 saturated heterocycles. The topological polar surface area (TPSA) is 98.5 Å². The number of nitrogens with zero attached hydrogens (tertiary/aromatic N) is 1. The third-order valence-electron chi connectivity index (χ3n) is 4.58. The van der Waals surface area contributed by atoms with Crippen LogP contribution in [0.5, 0.6) is 0 Å². The standard InChI is InChI=1S/C17H20FN3O2S2/c1-16(2)15(20)21-17(3,9-25(16,22)23)14-12(18)8-13(24-14)10-5-4-6-11(19)7-10/h4-8H,9,19H2,1-3H3,(H2,20,21). The van der Waals surface area contributed by atoms with Gasteiger partial charge in [-0.15, -0.1) is 11.3 Å². The highest BCUT2D eigenvalue weighted by molar-refractivity contribution is 7.93. The van der Waals surface area contributed by atoms with Crippen LogP contribution in [0.3, 0.4) is 0 Å². The van der Waals surface area contributed by atoms with Gasteiger partial charge in [0.25, 0.3) is 0 Å². The first-order valence-corrected chi connectivity index (χ1v) is 10.2. The molecule has 25 heavy (non-hydrogen) atoms. The van der Waals surface area contributed by atoms with Gasteiger partial charge in [-0.05, 0) is 44.5 Å². The second-order valence-corrected chi connectivity index (χ2v) is 10.5. The molecule has 5 nitrogen and oxygen atoms in total. The zero-order chi connectivity index (χ0) is 18.6. The lowest BCUT2D eigenvalue weighted by Crippen LogP contribution is -2.54. The Labute approximate surface area is 150 Å². The zero-order valence-electron chi connectivity index (χ0n) is 14.2. The van der Waals surface area contributed by atoms with Gasteiger partial charge in [-0.1, -0.05) is 12.1 Å². The molecule has 0 radical (unpaired) electrons. The molecule has 0 bridgehead atoms. The van der Waals surface area contributed by atoms with E-state index in [0.29, 0.717) is 10.6 Å². The molecule has 4 N–H and O–H groups in total. The predicted octanol–water partition coefficient (Wildman–Crippen LogP) is 2.92. The molecule has 134 valence electrons. The van der Waals surface area contributed by atoms with E-state index in [9.17, 15) is 12.8 Å². The van der Waals surface area contributed by atoms with Gasteiger partial charge >= 0.3 is 0 Å². The van der Waals surface area contributed by atoms with Crippen LogP contribution in [-0.4, -0.2) is 24.8 Å². The van der Waals surface area contributed by atoms with Crippen molar-refractivity contribution in [2.75, 3.05) is 11.5 Å². The van der Waals surface area contributed by atoms with Gasteiger partial charge in [-0.2, -0.15) is 0 Å². The van der Waals surface area contributed by atoms with E-state index in [1.807, 2.05) is 6.07 Å². The van der Waals surface area contributed by atoms with Gasteiger partial charge < -0.3 is 11.5 Å². The minimum atomic E-state index is -3.58. The molecule has 1 atom stereocenters. The van der Waals surface area contributed by atoms with E-state index in [0.717, 1.165) is 5.56 Å². The molecular formula is C17H20FN3O2S2. The fraction of sp³-hybridized carbons (Fsp3) is 0.353. The smallest absolute Gasteiger partial charge is 0.165 e. The van der Waals surface area contributed by atoms with Crippen LogP contribution in [0.15, 0.2) is 35.3 Å². The molecule has 0 aliphatic carbocycles. The Kier molecular flexibility index (Phi) is 3.96. The largest absolute Gasteiger partial charge is 0.399 e. The summed E-state index contributed by atoms with van der Waals surface area (Å²) >= 11 is 1.17. The van der Waals surface area contributed by atoms with E-state index >= 15 is 0 Å². The quantitative estimate of drug-likeness (QED) is 0.781. The lowest BCUT2D eigenvalue weighted by molar-refractivity contribution is 0.486. The van der Waals surface area contributed by atoms with E-state index < -0.39 is 25.9 Å². The molecule has 8 heteroatoms. The third kappa shape index (κ3) is 2.83. The minimum Gasteiger partial charge on any atom is -0.399 e. The second kappa shape index (κ2) is 5.54. The summed E-state index contributed by atoms with van der Waals surface area (Å²) in [7, 11) is -3.58. The van der Waals surface area contributed by atoms with Gasteiger partial charge in [0.2, 0.25) is 0 Å². The van der Waals surface area contributed by atoms with Crippen molar-refractivity contribution in [2.24, 2.45) is 10.7 Å². The van der Waals surface area contributed by atoms with Crippen LogP contribution in [0.1, 0.15) is 25.6 Å². The first-order chi connectivity index (χ1) is 11.5. The molecule has 0 spiro atoms. The van der Waals surface area contributed by atoms with Gasteiger partial charge in [0.05, 0.1) is 10.6 Å². The normalized spacial score (nSPS) is 24.7. The Morgan fingerprint density at radius 3 is 2.48 bits per heavy atom. The summed E-state index contributed by atoms with van der Waals surface area (Å²) in [6, 6.07) is 8.49. The van der Waals surface area contributed by atoms with E-state index in [1.165, 1.54) is 31.3 Å². The number of rotatable bonds is 2. The number of hydrogen-bond donors (Lipinski definition) is 2. The van der Waals surface area contributed by atoms with Crippen molar-refractivity contribution < 1.29 is 12.8 Å². The van der Waals surface area contributed by atoms with Crippen molar-refractivity contribution in [1.82, 2.24) is 0 Å². The SMILES string of the molecule is CC1(c2sc(-c3cccc(N)c3)cc2F)CS(=O)(=O)C(C)(C)C(N)=N1. The maximum Gasteiger partial charge on any atom is 0.165 e. The molecule has 1 aliphatic rings. The van der Waals surface area contributed by atoms with E-state index in [4.69, 9.17) is 11.5 Å². The van der Waals surface area contributed by atoms with Crippen LogP contribution >= 0.6 is 11.3 Å². The van der Waals surface area contributed by atoms with Crippen LogP contribution in [0.2, 0.25) is 0 Å².